The summed E-state index contributed by atoms with van der Waals surface area (Å²) in [4.78, 5) is 11.7. The topological polar surface area (TPSA) is 38.3 Å². The highest BCUT2D eigenvalue weighted by Crippen LogP contribution is 2.28. The van der Waals surface area contributed by atoms with Crippen LogP contribution in [0.3, 0.4) is 0 Å². The van der Waals surface area contributed by atoms with Gasteiger partial charge in [-0.3, -0.25) is 0 Å². The van der Waals surface area contributed by atoms with Gasteiger partial charge >= 0.3 is 5.97 Å². The minimum atomic E-state index is -0.508. The van der Waals surface area contributed by atoms with Crippen molar-refractivity contribution in [2.45, 2.75) is 38.6 Å². The third kappa shape index (κ3) is 3.46. The fourth-order valence-electron chi connectivity index (χ4n) is 2.71. The van der Waals surface area contributed by atoms with E-state index in [1.165, 1.54) is 32.1 Å². The average Bonchev–Trinajstić information content (AvgIpc) is 2.40. The van der Waals surface area contributed by atoms with Crippen LogP contribution < -0.4 is 5.32 Å². The van der Waals surface area contributed by atoms with Gasteiger partial charge in [0.25, 0.3) is 0 Å². The van der Waals surface area contributed by atoms with Crippen LogP contribution in [0.25, 0.3) is 0 Å². The Labute approximate surface area is 113 Å². The van der Waals surface area contributed by atoms with E-state index in [2.05, 4.69) is 12.2 Å². The summed E-state index contributed by atoms with van der Waals surface area (Å²) in [7, 11) is 1.31. The van der Waals surface area contributed by atoms with Crippen molar-refractivity contribution in [3.8, 4) is 0 Å². The summed E-state index contributed by atoms with van der Waals surface area (Å²) < 4.78 is 17.9. The zero-order valence-corrected chi connectivity index (χ0v) is 11.4. The molecule has 2 unspecified atom stereocenters. The van der Waals surface area contributed by atoms with Crippen LogP contribution >= 0.6 is 0 Å². The zero-order valence-electron chi connectivity index (χ0n) is 11.4. The summed E-state index contributed by atoms with van der Waals surface area (Å²) in [6.07, 6.45) is 4.61. The van der Waals surface area contributed by atoms with Gasteiger partial charge < -0.3 is 10.1 Å². The predicted molar refractivity (Wildman–Crippen MR) is 72.8 cm³/mol. The smallest absolute Gasteiger partial charge is 0.340 e. The average molecular weight is 265 g/mol. The van der Waals surface area contributed by atoms with Gasteiger partial charge in [0.15, 0.2) is 0 Å². The Morgan fingerprint density at radius 1 is 1.42 bits per heavy atom. The normalized spacial score (nSPS) is 22.9. The first-order valence-electron chi connectivity index (χ1n) is 6.74. The second-order valence-corrected chi connectivity index (χ2v) is 5.29. The van der Waals surface area contributed by atoms with E-state index in [1.54, 1.807) is 6.07 Å². The highest BCUT2D eigenvalue weighted by atomic mass is 19.1. The third-order valence-corrected chi connectivity index (χ3v) is 3.68. The number of benzene rings is 1. The van der Waals surface area contributed by atoms with Crippen LogP contribution in [0.5, 0.6) is 0 Å². The monoisotopic (exact) mass is 265 g/mol. The summed E-state index contributed by atoms with van der Waals surface area (Å²) in [5.41, 5.74) is 0.924. The van der Waals surface area contributed by atoms with E-state index in [0.717, 1.165) is 12.8 Å². The van der Waals surface area contributed by atoms with Crippen LogP contribution in [0.15, 0.2) is 18.2 Å². The highest BCUT2D eigenvalue weighted by molar-refractivity contribution is 5.95. The van der Waals surface area contributed by atoms with Gasteiger partial charge in [-0.25, -0.2) is 9.18 Å². The van der Waals surface area contributed by atoms with E-state index >= 15 is 0 Å². The molecule has 1 aromatic carbocycles. The molecular weight excluding hydrogens is 245 g/mol. The molecule has 0 radical (unpaired) electrons. The number of hydrogen-bond donors (Lipinski definition) is 1. The molecule has 0 saturated heterocycles. The second-order valence-electron chi connectivity index (χ2n) is 5.29. The van der Waals surface area contributed by atoms with E-state index in [1.807, 2.05) is 0 Å². The first kappa shape index (κ1) is 13.8. The van der Waals surface area contributed by atoms with Crippen LogP contribution in [-0.2, 0) is 4.74 Å². The molecular formula is C15H20FNO2. The molecule has 0 heterocycles. The second kappa shape index (κ2) is 6.04. The zero-order chi connectivity index (χ0) is 13.8. The molecule has 1 N–H and O–H groups in total. The lowest BCUT2D eigenvalue weighted by Gasteiger charge is -2.28. The Balaban J connectivity index is 2.17. The highest BCUT2D eigenvalue weighted by Gasteiger charge is 2.21. The fraction of sp³-hybridized carbons (Fsp3) is 0.533. The first-order valence-corrected chi connectivity index (χ1v) is 6.74. The minimum Gasteiger partial charge on any atom is -0.465 e. The van der Waals surface area contributed by atoms with Crippen molar-refractivity contribution in [1.29, 1.82) is 0 Å². The summed E-state index contributed by atoms with van der Waals surface area (Å²) in [6.45, 7) is 2.24. The summed E-state index contributed by atoms with van der Waals surface area (Å²) >= 11 is 0. The van der Waals surface area contributed by atoms with Gasteiger partial charge in [-0.2, -0.15) is 0 Å². The maximum atomic E-state index is 13.2. The molecule has 4 heteroatoms. The molecule has 1 saturated carbocycles. The maximum Gasteiger partial charge on any atom is 0.340 e. The number of anilines is 1. The molecule has 1 aromatic rings. The minimum absolute atomic E-state index is 0.265. The lowest BCUT2D eigenvalue weighted by atomic mass is 9.87. The summed E-state index contributed by atoms with van der Waals surface area (Å²) in [5.74, 6) is -0.248. The van der Waals surface area contributed by atoms with Crippen molar-refractivity contribution < 1.29 is 13.9 Å². The van der Waals surface area contributed by atoms with E-state index in [4.69, 9.17) is 4.74 Å². The molecule has 0 spiro atoms. The van der Waals surface area contributed by atoms with E-state index in [0.29, 0.717) is 17.6 Å². The SMILES string of the molecule is COC(=O)c1cc(F)ccc1NC1CCCC(C)C1. The summed E-state index contributed by atoms with van der Waals surface area (Å²) in [5, 5.41) is 3.35. The number of methoxy groups -OCH3 is 1. The van der Waals surface area contributed by atoms with E-state index in [9.17, 15) is 9.18 Å². The van der Waals surface area contributed by atoms with Crippen molar-refractivity contribution in [1.82, 2.24) is 0 Å². The van der Waals surface area contributed by atoms with Gasteiger partial charge in [-0.1, -0.05) is 19.8 Å². The van der Waals surface area contributed by atoms with Crippen LogP contribution in [0, 0.1) is 11.7 Å². The van der Waals surface area contributed by atoms with E-state index in [-0.39, 0.29) is 5.56 Å². The van der Waals surface area contributed by atoms with Gasteiger partial charge in [0.2, 0.25) is 0 Å². The van der Waals surface area contributed by atoms with Gasteiger partial charge in [0.1, 0.15) is 5.82 Å². The molecule has 104 valence electrons. The number of ether oxygens (including phenoxy) is 1. The molecule has 1 aliphatic rings. The number of halogens is 1. The Bertz CT molecular complexity index is 461. The van der Waals surface area contributed by atoms with Crippen molar-refractivity contribution in [2.75, 3.05) is 12.4 Å². The van der Waals surface area contributed by atoms with Crippen molar-refractivity contribution in [3.63, 3.8) is 0 Å². The fourth-order valence-corrected chi connectivity index (χ4v) is 2.71. The molecule has 0 aromatic heterocycles. The van der Waals surface area contributed by atoms with Crippen LogP contribution in [-0.4, -0.2) is 19.1 Å². The molecule has 2 atom stereocenters. The summed E-state index contributed by atoms with van der Waals surface area (Å²) in [6, 6.07) is 4.54. The third-order valence-electron chi connectivity index (χ3n) is 3.68. The molecule has 0 amide bonds. The lowest BCUT2D eigenvalue weighted by molar-refractivity contribution is 0.0601. The van der Waals surface area contributed by atoms with Crippen LogP contribution in [0.4, 0.5) is 10.1 Å². The Morgan fingerprint density at radius 2 is 2.21 bits per heavy atom. The molecule has 1 aliphatic carbocycles. The standard InChI is InChI=1S/C15H20FNO2/c1-10-4-3-5-12(8-10)17-14-7-6-11(16)9-13(14)15(18)19-2/h6-7,9-10,12,17H,3-5,8H2,1-2H3. The number of carbonyl (C=O) groups is 1. The molecule has 0 aliphatic heterocycles. The van der Waals surface area contributed by atoms with Crippen LogP contribution in [0.1, 0.15) is 43.0 Å². The Hall–Kier alpha value is -1.58. The van der Waals surface area contributed by atoms with Gasteiger partial charge in [0.05, 0.1) is 12.7 Å². The number of rotatable bonds is 3. The van der Waals surface area contributed by atoms with Crippen LogP contribution in [0.2, 0.25) is 0 Å². The Morgan fingerprint density at radius 3 is 2.89 bits per heavy atom. The van der Waals surface area contributed by atoms with Gasteiger partial charge in [0, 0.05) is 11.7 Å². The first-order chi connectivity index (χ1) is 9.10. The van der Waals surface area contributed by atoms with Crippen molar-refractivity contribution in [2.24, 2.45) is 5.92 Å². The quantitative estimate of drug-likeness (QED) is 0.849. The number of hydrogen-bond acceptors (Lipinski definition) is 3. The molecule has 3 nitrogen and oxygen atoms in total. The molecule has 19 heavy (non-hydrogen) atoms. The Kier molecular flexibility index (Phi) is 4.40. The maximum absolute atomic E-state index is 13.2. The number of nitrogens with one attached hydrogen (secondary N) is 1. The van der Waals surface area contributed by atoms with Gasteiger partial charge in [-0.15, -0.1) is 0 Å². The largest absolute Gasteiger partial charge is 0.465 e. The van der Waals surface area contributed by atoms with Crippen molar-refractivity contribution in [3.05, 3.63) is 29.6 Å². The number of carbonyl (C=O) groups excluding carboxylic acids is 1. The van der Waals surface area contributed by atoms with Crippen molar-refractivity contribution >= 4 is 11.7 Å². The van der Waals surface area contributed by atoms with E-state index < -0.39 is 11.8 Å². The molecule has 1 fully saturated rings. The molecule has 0 bridgehead atoms. The number of esters is 1. The lowest BCUT2D eigenvalue weighted by Crippen LogP contribution is -2.27. The molecule has 2 rings (SSSR count). The predicted octanol–water partition coefficient (Wildman–Crippen LogP) is 3.60. The van der Waals surface area contributed by atoms with Gasteiger partial charge in [-0.05, 0) is 37.0 Å².